The molecule has 0 aliphatic carbocycles. The molecule has 0 rings (SSSR count). The number of aliphatic hydroxyl groups excluding tert-OH is 1. The first-order chi connectivity index (χ1) is 8.99. The van der Waals surface area contributed by atoms with Gasteiger partial charge in [-0.25, -0.2) is 0 Å². The van der Waals surface area contributed by atoms with E-state index < -0.39 is 0 Å². The summed E-state index contributed by atoms with van der Waals surface area (Å²) in [4.78, 5) is 0. The lowest BCUT2D eigenvalue weighted by Gasteiger charge is -2.10. The maximum atomic E-state index is 8.66. The molecule has 0 fully saturated rings. The van der Waals surface area contributed by atoms with E-state index in [9.17, 15) is 0 Å². The molecule has 0 aromatic carbocycles. The fourth-order valence-electron chi connectivity index (χ4n) is 2.16. The molecule has 0 bridgehead atoms. The van der Waals surface area contributed by atoms with E-state index in [1.54, 1.807) is 0 Å². The van der Waals surface area contributed by atoms with Gasteiger partial charge in [-0.1, -0.05) is 54.0 Å². The Morgan fingerprint density at radius 1 is 1.05 bits per heavy atom. The van der Waals surface area contributed by atoms with Gasteiger partial charge in [0.15, 0.2) is 0 Å². The quantitative estimate of drug-likeness (QED) is 0.471. The minimum atomic E-state index is 0.154. The molecule has 1 heteroatoms. The van der Waals surface area contributed by atoms with Gasteiger partial charge in [-0.3, -0.25) is 0 Å². The third kappa shape index (κ3) is 10.5. The van der Waals surface area contributed by atoms with Crippen LogP contribution >= 0.6 is 0 Å². The van der Waals surface area contributed by atoms with Crippen LogP contribution in [-0.2, 0) is 0 Å². The summed E-state index contributed by atoms with van der Waals surface area (Å²) in [7, 11) is 0. The number of allylic oxidation sites excluding steroid dienone is 7. The van der Waals surface area contributed by atoms with Gasteiger partial charge in [0.1, 0.15) is 0 Å². The maximum Gasteiger partial charge on any atom is 0.0612 e. The summed E-state index contributed by atoms with van der Waals surface area (Å²) >= 11 is 0. The molecule has 0 aliphatic heterocycles. The Bertz CT molecular complexity index is 356. The third-order valence-corrected chi connectivity index (χ3v) is 3.15. The van der Waals surface area contributed by atoms with E-state index in [1.807, 2.05) is 6.08 Å². The second kappa shape index (κ2) is 10.8. The average molecular weight is 262 g/mol. The van der Waals surface area contributed by atoms with Gasteiger partial charge in [-0.05, 0) is 52.9 Å². The van der Waals surface area contributed by atoms with Crippen molar-refractivity contribution < 1.29 is 5.11 Å². The maximum absolute atomic E-state index is 8.66. The molecule has 0 aromatic rings. The van der Waals surface area contributed by atoms with E-state index in [0.717, 1.165) is 12.8 Å². The molecule has 0 radical (unpaired) electrons. The molecule has 0 saturated carbocycles. The highest BCUT2D eigenvalue weighted by Gasteiger charge is 2.02. The van der Waals surface area contributed by atoms with Crippen LogP contribution in [-0.4, -0.2) is 11.7 Å². The minimum absolute atomic E-state index is 0.154. The first-order valence-electron chi connectivity index (χ1n) is 7.23. The second-order valence-corrected chi connectivity index (χ2v) is 5.45. The third-order valence-electron chi connectivity index (χ3n) is 3.15. The average Bonchev–Trinajstić information content (AvgIpc) is 2.33. The van der Waals surface area contributed by atoms with Crippen LogP contribution in [0.3, 0.4) is 0 Å². The van der Waals surface area contributed by atoms with Gasteiger partial charge in [0, 0.05) is 0 Å². The Morgan fingerprint density at radius 3 is 2.32 bits per heavy atom. The molecule has 1 N–H and O–H groups in total. The van der Waals surface area contributed by atoms with Gasteiger partial charge in [-0.15, -0.1) is 0 Å². The van der Waals surface area contributed by atoms with Gasteiger partial charge in [0.2, 0.25) is 0 Å². The Labute approximate surface area is 119 Å². The topological polar surface area (TPSA) is 20.2 Å². The zero-order valence-corrected chi connectivity index (χ0v) is 13.2. The Morgan fingerprint density at radius 2 is 1.74 bits per heavy atom. The fraction of sp³-hybridized carbons (Fsp3) is 0.556. The molecule has 0 amide bonds. The van der Waals surface area contributed by atoms with Crippen molar-refractivity contribution in [3.05, 3.63) is 47.1 Å². The van der Waals surface area contributed by atoms with Crippen molar-refractivity contribution >= 4 is 0 Å². The number of aliphatic hydroxyl groups is 1. The van der Waals surface area contributed by atoms with E-state index in [4.69, 9.17) is 5.11 Å². The zero-order valence-electron chi connectivity index (χ0n) is 13.2. The fourth-order valence-corrected chi connectivity index (χ4v) is 2.16. The van der Waals surface area contributed by atoms with Gasteiger partial charge in [0.25, 0.3) is 0 Å². The Kier molecular flexibility index (Phi) is 10.2. The predicted molar refractivity (Wildman–Crippen MR) is 86.2 cm³/mol. The standard InChI is InChI=1S/C18H30O/c1-6-15(2)12-17(4)14-18(5)13-16(3)10-8-7-9-11-19/h6-7,9,12,14,16,19H,8,10-11,13H2,1-5H3/b9-7+,15-6+,17-12+,18-14+/t16-/m1/s1. The van der Waals surface area contributed by atoms with Crippen molar-refractivity contribution in [1.82, 2.24) is 0 Å². The largest absolute Gasteiger partial charge is 0.392 e. The molecule has 108 valence electrons. The highest BCUT2D eigenvalue weighted by Crippen LogP contribution is 2.18. The van der Waals surface area contributed by atoms with E-state index in [2.05, 4.69) is 58.9 Å². The molecule has 0 aliphatic rings. The van der Waals surface area contributed by atoms with Crippen LogP contribution < -0.4 is 0 Å². The van der Waals surface area contributed by atoms with Crippen molar-refractivity contribution in [1.29, 1.82) is 0 Å². The highest BCUT2D eigenvalue weighted by molar-refractivity contribution is 5.29. The van der Waals surface area contributed by atoms with Gasteiger partial charge in [-0.2, -0.15) is 0 Å². The summed E-state index contributed by atoms with van der Waals surface area (Å²) in [5.41, 5.74) is 4.07. The number of hydrogen-bond acceptors (Lipinski definition) is 1. The van der Waals surface area contributed by atoms with Crippen molar-refractivity contribution in [2.24, 2.45) is 5.92 Å². The molecule has 0 unspecified atom stereocenters. The van der Waals surface area contributed by atoms with Crippen molar-refractivity contribution in [2.45, 2.75) is 53.9 Å². The molecule has 19 heavy (non-hydrogen) atoms. The molecule has 1 nitrogen and oxygen atoms in total. The summed E-state index contributed by atoms with van der Waals surface area (Å²) in [6.07, 6.45) is 13.9. The molecule has 1 atom stereocenters. The van der Waals surface area contributed by atoms with Crippen molar-refractivity contribution in [2.75, 3.05) is 6.61 Å². The first kappa shape index (κ1) is 17.9. The summed E-state index contributed by atoms with van der Waals surface area (Å²) in [5, 5.41) is 8.66. The Balaban J connectivity index is 4.24. The van der Waals surface area contributed by atoms with Gasteiger partial charge >= 0.3 is 0 Å². The SMILES string of the molecule is C/C=C(C)/C=C(C)/C=C(\C)C[C@H](C)CC/C=C/CO. The van der Waals surface area contributed by atoms with Gasteiger partial charge < -0.3 is 5.11 Å². The molecular formula is C18H30O. The summed E-state index contributed by atoms with van der Waals surface area (Å²) < 4.78 is 0. The predicted octanol–water partition coefficient (Wildman–Crippen LogP) is 5.20. The summed E-state index contributed by atoms with van der Waals surface area (Å²) in [5.74, 6) is 0.690. The van der Waals surface area contributed by atoms with E-state index >= 15 is 0 Å². The summed E-state index contributed by atoms with van der Waals surface area (Å²) in [6.45, 7) is 11.0. The van der Waals surface area contributed by atoms with E-state index in [0.29, 0.717) is 5.92 Å². The summed E-state index contributed by atoms with van der Waals surface area (Å²) in [6, 6.07) is 0. The number of hydrogen-bond donors (Lipinski definition) is 1. The van der Waals surface area contributed by atoms with Crippen LogP contribution in [0.1, 0.15) is 53.9 Å². The molecular weight excluding hydrogens is 232 g/mol. The number of rotatable bonds is 8. The van der Waals surface area contributed by atoms with Crippen LogP contribution in [0, 0.1) is 5.92 Å². The zero-order chi connectivity index (χ0) is 14.7. The molecule has 0 heterocycles. The van der Waals surface area contributed by atoms with Crippen LogP contribution in [0.15, 0.2) is 47.1 Å². The lowest BCUT2D eigenvalue weighted by molar-refractivity contribution is 0.342. The molecule has 0 saturated heterocycles. The lowest BCUT2D eigenvalue weighted by atomic mass is 9.96. The van der Waals surface area contributed by atoms with E-state index in [-0.39, 0.29) is 6.61 Å². The molecule has 0 spiro atoms. The van der Waals surface area contributed by atoms with Crippen LogP contribution in [0.5, 0.6) is 0 Å². The van der Waals surface area contributed by atoms with Crippen molar-refractivity contribution in [3.8, 4) is 0 Å². The van der Waals surface area contributed by atoms with Crippen LogP contribution in [0.25, 0.3) is 0 Å². The van der Waals surface area contributed by atoms with Gasteiger partial charge in [0.05, 0.1) is 6.61 Å². The first-order valence-corrected chi connectivity index (χ1v) is 7.23. The lowest BCUT2D eigenvalue weighted by Crippen LogP contribution is -1.95. The van der Waals surface area contributed by atoms with Crippen molar-refractivity contribution in [3.63, 3.8) is 0 Å². The molecule has 0 aromatic heterocycles. The van der Waals surface area contributed by atoms with E-state index in [1.165, 1.54) is 23.1 Å². The second-order valence-electron chi connectivity index (χ2n) is 5.45. The minimum Gasteiger partial charge on any atom is -0.392 e. The van der Waals surface area contributed by atoms with Crippen LogP contribution in [0.2, 0.25) is 0 Å². The van der Waals surface area contributed by atoms with Crippen LogP contribution in [0.4, 0.5) is 0 Å². The Hall–Kier alpha value is -1.08. The highest BCUT2D eigenvalue weighted by atomic mass is 16.2. The smallest absolute Gasteiger partial charge is 0.0612 e. The normalized spacial score (nSPS) is 16.2. The monoisotopic (exact) mass is 262 g/mol.